The largest absolute Gasteiger partial charge is 0.496 e. The fraction of sp³-hybridized carbons (Fsp3) is 0.318. The Kier molecular flexibility index (Phi) is 7.29. The molecule has 0 aromatic heterocycles. The number of carbonyl (C=O) groups excluding carboxylic acids is 1. The highest BCUT2D eigenvalue weighted by Gasteiger charge is 2.24. The maximum Gasteiger partial charge on any atom is 0.217 e. The summed E-state index contributed by atoms with van der Waals surface area (Å²) in [5.41, 5.74) is 2.80. The van der Waals surface area contributed by atoms with Crippen molar-refractivity contribution in [3.05, 3.63) is 65.7 Å². The SMILES string of the molecule is C=CCc1c(OCc2ccccc2)c(OC)cc(OC)c1C(C)NC(C)=O. The minimum absolute atomic E-state index is 0.114. The van der Waals surface area contributed by atoms with Crippen LogP contribution in [0.25, 0.3) is 0 Å². The van der Waals surface area contributed by atoms with E-state index >= 15 is 0 Å². The number of methoxy groups -OCH3 is 2. The van der Waals surface area contributed by atoms with E-state index in [4.69, 9.17) is 14.2 Å². The number of nitrogens with one attached hydrogen (secondary N) is 1. The van der Waals surface area contributed by atoms with Gasteiger partial charge in [-0.1, -0.05) is 36.4 Å². The van der Waals surface area contributed by atoms with Crippen LogP contribution in [-0.2, 0) is 17.8 Å². The van der Waals surface area contributed by atoms with Gasteiger partial charge in [0.2, 0.25) is 5.91 Å². The van der Waals surface area contributed by atoms with Crippen molar-refractivity contribution < 1.29 is 19.0 Å². The molecule has 2 aromatic carbocycles. The zero-order valence-corrected chi connectivity index (χ0v) is 16.4. The van der Waals surface area contributed by atoms with Crippen LogP contribution in [0.3, 0.4) is 0 Å². The van der Waals surface area contributed by atoms with Crippen molar-refractivity contribution in [1.29, 1.82) is 0 Å². The van der Waals surface area contributed by atoms with Gasteiger partial charge in [-0.15, -0.1) is 6.58 Å². The lowest BCUT2D eigenvalue weighted by molar-refractivity contribution is -0.119. The highest BCUT2D eigenvalue weighted by molar-refractivity contribution is 5.74. The van der Waals surface area contributed by atoms with E-state index in [1.165, 1.54) is 6.92 Å². The van der Waals surface area contributed by atoms with Gasteiger partial charge in [0.25, 0.3) is 0 Å². The molecule has 1 amide bonds. The summed E-state index contributed by atoms with van der Waals surface area (Å²) in [4.78, 5) is 11.6. The maximum absolute atomic E-state index is 11.6. The van der Waals surface area contributed by atoms with Crippen molar-refractivity contribution in [1.82, 2.24) is 5.32 Å². The second-order valence-electron chi connectivity index (χ2n) is 6.19. The standard InChI is InChI=1S/C22H27NO4/c1-6-10-18-21(15(2)23-16(3)24)19(25-4)13-20(26-5)22(18)27-14-17-11-8-7-9-12-17/h6-9,11-13,15H,1,10,14H2,2-5H3,(H,23,24). The molecule has 0 saturated heterocycles. The second kappa shape index (κ2) is 9.67. The smallest absolute Gasteiger partial charge is 0.217 e. The Morgan fingerprint density at radius 3 is 2.41 bits per heavy atom. The first-order chi connectivity index (χ1) is 13.0. The number of allylic oxidation sites excluding steroid dienone is 1. The second-order valence-corrected chi connectivity index (χ2v) is 6.19. The molecule has 27 heavy (non-hydrogen) atoms. The highest BCUT2D eigenvalue weighted by Crippen LogP contribution is 2.43. The first-order valence-corrected chi connectivity index (χ1v) is 8.84. The van der Waals surface area contributed by atoms with Crippen molar-refractivity contribution in [2.45, 2.75) is 32.9 Å². The number of hydrogen-bond acceptors (Lipinski definition) is 4. The first kappa shape index (κ1) is 20.4. The molecule has 0 spiro atoms. The molecule has 144 valence electrons. The Bertz CT molecular complexity index is 787. The Hall–Kier alpha value is -2.95. The van der Waals surface area contributed by atoms with E-state index in [2.05, 4.69) is 11.9 Å². The van der Waals surface area contributed by atoms with Gasteiger partial charge in [0.1, 0.15) is 12.4 Å². The molecule has 1 unspecified atom stereocenters. The lowest BCUT2D eigenvalue weighted by atomic mass is 9.95. The highest BCUT2D eigenvalue weighted by atomic mass is 16.5. The third kappa shape index (κ3) is 5.03. The van der Waals surface area contributed by atoms with E-state index in [0.29, 0.717) is 30.3 Å². The molecule has 5 nitrogen and oxygen atoms in total. The van der Waals surface area contributed by atoms with Gasteiger partial charge in [-0.3, -0.25) is 4.79 Å². The molecule has 0 fully saturated rings. The van der Waals surface area contributed by atoms with E-state index in [9.17, 15) is 4.79 Å². The number of benzene rings is 2. The van der Waals surface area contributed by atoms with E-state index < -0.39 is 0 Å². The molecule has 5 heteroatoms. The molecule has 0 aliphatic heterocycles. The molecule has 0 aliphatic carbocycles. The molecule has 1 N–H and O–H groups in total. The predicted octanol–water partition coefficient (Wildman–Crippen LogP) is 4.21. The van der Waals surface area contributed by atoms with Crippen molar-refractivity contribution in [3.63, 3.8) is 0 Å². The maximum atomic E-state index is 11.6. The summed E-state index contributed by atoms with van der Waals surface area (Å²) in [5, 5.41) is 2.92. The summed E-state index contributed by atoms with van der Waals surface area (Å²) in [5.74, 6) is 1.74. The zero-order chi connectivity index (χ0) is 19.8. The molecule has 1 atom stereocenters. The van der Waals surface area contributed by atoms with Gasteiger partial charge in [-0.05, 0) is 18.9 Å². The van der Waals surface area contributed by atoms with Gasteiger partial charge in [-0.2, -0.15) is 0 Å². The van der Waals surface area contributed by atoms with E-state index in [-0.39, 0.29) is 11.9 Å². The van der Waals surface area contributed by atoms with Crippen LogP contribution < -0.4 is 19.5 Å². The van der Waals surface area contributed by atoms with Gasteiger partial charge in [0.15, 0.2) is 11.5 Å². The molecule has 2 rings (SSSR count). The van der Waals surface area contributed by atoms with Crippen molar-refractivity contribution in [2.75, 3.05) is 14.2 Å². The van der Waals surface area contributed by atoms with Gasteiger partial charge in [0.05, 0.1) is 20.3 Å². The van der Waals surface area contributed by atoms with Gasteiger partial charge in [-0.25, -0.2) is 0 Å². The molecule has 0 bridgehead atoms. The molecular weight excluding hydrogens is 342 g/mol. The molecule has 0 aliphatic rings. The number of rotatable bonds is 9. The third-order valence-corrected chi connectivity index (χ3v) is 4.22. The minimum Gasteiger partial charge on any atom is -0.496 e. The Morgan fingerprint density at radius 2 is 1.85 bits per heavy atom. The van der Waals surface area contributed by atoms with Crippen LogP contribution in [0.5, 0.6) is 17.2 Å². The summed E-state index contributed by atoms with van der Waals surface area (Å²) in [6.07, 6.45) is 2.35. The third-order valence-electron chi connectivity index (χ3n) is 4.22. The summed E-state index contributed by atoms with van der Waals surface area (Å²) in [7, 11) is 3.19. The van der Waals surface area contributed by atoms with Gasteiger partial charge >= 0.3 is 0 Å². The Morgan fingerprint density at radius 1 is 1.19 bits per heavy atom. The van der Waals surface area contributed by atoms with Crippen LogP contribution in [-0.4, -0.2) is 20.1 Å². The minimum atomic E-state index is -0.252. The van der Waals surface area contributed by atoms with E-state index in [0.717, 1.165) is 16.7 Å². The van der Waals surface area contributed by atoms with Crippen LogP contribution in [0.4, 0.5) is 0 Å². The predicted molar refractivity (Wildman–Crippen MR) is 106 cm³/mol. The fourth-order valence-corrected chi connectivity index (χ4v) is 3.09. The number of amides is 1. The molecular formula is C22H27NO4. The summed E-state index contributed by atoms with van der Waals surface area (Å²) >= 11 is 0. The van der Waals surface area contributed by atoms with Gasteiger partial charge in [0, 0.05) is 24.1 Å². The normalized spacial score (nSPS) is 11.4. The Labute approximate surface area is 161 Å². The number of ether oxygens (including phenoxy) is 3. The van der Waals surface area contributed by atoms with Crippen LogP contribution in [0.2, 0.25) is 0 Å². The number of carbonyl (C=O) groups is 1. The van der Waals surface area contributed by atoms with Crippen LogP contribution >= 0.6 is 0 Å². The van der Waals surface area contributed by atoms with Crippen molar-refractivity contribution in [3.8, 4) is 17.2 Å². The number of hydrogen-bond donors (Lipinski definition) is 1. The van der Waals surface area contributed by atoms with Crippen LogP contribution in [0.1, 0.15) is 36.6 Å². The molecule has 0 radical (unpaired) electrons. The average molecular weight is 369 g/mol. The fourth-order valence-electron chi connectivity index (χ4n) is 3.09. The van der Waals surface area contributed by atoms with E-state index in [1.54, 1.807) is 26.4 Å². The van der Waals surface area contributed by atoms with E-state index in [1.807, 2.05) is 37.3 Å². The first-order valence-electron chi connectivity index (χ1n) is 8.84. The van der Waals surface area contributed by atoms with Gasteiger partial charge < -0.3 is 19.5 Å². The monoisotopic (exact) mass is 369 g/mol. The average Bonchev–Trinajstić information content (AvgIpc) is 2.66. The zero-order valence-electron chi connectivity index (χ0n) is 16.4. The summed E-state index contributed by atoms with van der Waals surface area (Å²) in [6, 6.07) is 11.5. The topological polar surface area (TPSA) is 56.8 Å². The summed E-state index contributed by atoms with van der Waals surface area (Å²) < 4.78 is 17.3. The van der Waals surface area contributed by atoms with Crippen LogP contribution in [0.15, 0.2) is 49.1 Å². The van der Waals surface area contributed by atoms with Crippen LogP contribution in [0, 0.1) is 0 Å². The van der Waals surface area contributed by atoms with Crippen molar-refractivity contribution >= 4 is 5.91 Å². The molecule has 0 saturated carbocycles. The summed E-state index contributed by atoms with van der Waals surface area (Å²) in [6.45, 7) is 7.68. The molecule has 2 aromatic rings. The Balaban J connectivity index is 2.54. The molecule has 0 heterocycles. The quantitative estimate of drug-likeness (QED) is 0.673. The lowest BCUT2D eigenvalue weighted by Crippen LogP contribution is -2.25. The van der Waals surface area contributed by atoms with Crippen molar-refractivity contribution in [2.24, 2.45) is 0 Å². The lowest BCUT2D eigenvalue weighted by Gasteiger charge is -2.24.